The number of amides is 1. The molecule has 1 amide bonds. The summed E-state index contributed by atoms with van der Waals surface area (Å²) < 4.78 is 27.3. The van der Waals surface area contributed by atoms with E-state index in [-0.39, 0.29) is 16.8 Å². The molecule has 2 aliphatic heterocycles. The second-order valence-corrected chi connectivity index (χ2v) is 9.22. The number of carboxylic acids is 1. The van der Waals surface area contributed by atoms with Gasteiger partial charge in [0, 0.05) is 24.7 Å². The Bertz CT molecular complexity index is 806. The fourth-order valence-corrected chi connectivity index (χ4v) is 5.63. The summed E-state index contributed by atoms with van der Waals surface area (Å²) in [6, 6.07) is 5.01. The normalized spacial score (nSPS) is 24.6. The van der Waals surface area contributed by atoms with Crippen molar-refractivity contribution in [1.29, 1.82) is 0 Å². The number of nitrogens with zero attached hydrogens (tertiary/aromatic N) is 2. The van der Waals surface area contributed by atoms with Crippen LogP contribution in [0.3, 0.4) is 0 Å². The van der Waals surface area contributed by atoms with E-state index in [1.165, 1.54) is 33.5 Å². The minimum absolute atomic E-state index is 0.0327. The summed E-state index contributed by atoms with van der Waals surface area (Å²) in [6.45, 7) is 2.83. The first-order valence-corrected chi connectivity index (χ1v) is 10.9. The van der Waals surface area contributed by atoms with Gasteiger partial charge in [0.1, 0.15) is 6.04 Å². The predicted octanol–water partition coefficient (Wildman–Crippen LogP) is 2.33. The van der Waals surface area contributed by atoms with Crippen LogP contribution in [-0.4, -0.2) is 59.8 Å². The zero-order chi connectivity index (χ0) is 19.6. The van der Waals surface area contributed by atoms with Crippen molar-refractivity contribution in [1.82, 2.24) is 9.21 Å². The molecule has 3 rings (SSSR count). The molecule has 1 aromatic carbocycles. The van der Waals surface area contributed by atoms with Crippen LogP contribution in [0.15, 0.2) is 29.2 Å². The van der Waals surface area contributed by atoms with Crippen LogP contribution in [0.4, 0.5) is 0 Å². The lowest BCUT2D eigenvalue weighted by Gasteiger charge is -2.33. The number of benzene rings is 1. The molecule has 2 atom stereocenters. The average molecular weight is 394 g/mol. The molecule has 1 aromatic rings. The van der Waals surface area contributed by atoms with E-state index < -0.39 is 22.0 Å². The molecule has 1 N–H and O–H groups in total. The summed E-state index contributed by atoms with van der Waals surface area (Å²) in [7, 11) is -3.59. The third-order valence-corrected chi connectivity index (χ3v) is 7.53. The third kappa shape index (κ3) is 4.01. The zero-order valence-electron chi connectivity index (χ0n) is 15.5. The van der Waals surface area contributed by atoms with Crippen molar-refractivity contribution in [2.45, 2.75) is 62.4 Å². The smallest absolute Gasteiger partial charge is 0.326 e. The van der Waals surface area contributed by atoms with Gasteiger partial charge in [0.05, 0.1) is 4.90 Å². The molecule has 27 heavy (non-hydrogen) atoms. The number of sulfonamides is 1. The number of hydrogen-bond acceptors (Lipinski definition) is 4. The van der Waals surface area contributed by atoms with Gasteiger partial charge in [-0.1, -0.05) is 6.42 Å². The monoisotopic (exact) mass is 394 g/mol. The molecule has 8 heteroatoms. The van der Waals surface area contributed by atoms with Gasteiger partial charge in [-0.05, 0) is 63.3 Å². The van der Waals surface area contributed by atoms with Crippen LogP contribution in [0.25, 0.3) is 0 Å². The van der Waals surface area contributed by atoms with Gasteiger partial charge in [0.15, 0.2) is 0 Å². The summed E-state index contributed by atoms with van der Waals surface area (Å²) in [4.78, 5) is 25.7. The van der Waals surface area contributed by atoms with E-state index in [9.17, 15) is 23.1 Å². The Labute approximate surface area is 160 Å². The van der Waals surface area contributed by atoms with Gasteiger partial charge in [0.25, 0.3) is 5.91 Å². The standard InChI is InChI=1S/C19H26N2O5S/c1-14-6-2-5-13-21(14)27(25,26)16-10-8-15(9-11-16)18(22)20-12-4-3-7-17(20)19(23)24/h8-11,14,17H,2-7,12-13H2,1H3,(H,23,24). The molecular formula is C19H26N2O5S. The molecule has 0 spiro atoms. The van der Waals surface area contributed by atoms with E-state index in [1.807, 2.05) is 6.92 Å². The Morgan fingerprint density at radius 3 is 2.26 bits per heavy atom. The first-order valence-electron chi connectivity index (χ1n) is 9.48. The van der Waals surface area contributed by atoms with Crippen molar-refractivity contribution >= 4 is 21.9 Å². The van der Waals surface area contributed by atoms with Crippen molar-refractivity contribution < 1.29 is 23.1 Å². The van der Waals surface area contributed by atoms with Crippen LogP contribution >= 0.6 is 0 Å². The minimum Gasteiger partial charge on any atom is -0.480 e. The molecule has 0 radical (unpaired) electrons. The van der Waals surface area contributed by atoms with Gasteiger partial charge in [-0.25, -0.2) is 13.2 Å². The second-order valence-electron chi connectivity index (χ2n) is 7.33. The van der Waals surface area contributed by atoms with Crippen LogP contribution < -0.4 is 0 Å². The minimum atomic E-state index is -3.59. The summed E-state index contributed by atoms with van der Waals surface area (Å²) in [5.74, 6) is -1.36. The van der Waals surface area contributed by atoms with Gasteiger partial charge in [-0.2, -0.15) is 4.31 Å². The van der Waals surface area contributed by atoms with Crippen molar-refractivity contribution in [3.05, 3.63) is 29.8 Å². The summed E-state index contributed by atoms with van der Waals surface area (Å²) in [5, 5.41) is 9.35. The lowest BCUT2D eigenvalue weighted by Crippen LogP contribution is -2.48. The summed E-state index contributed by atoms with van der Waals surface area (Å²) >= 11 is 0. The number of aliphatic carboxylic acids is 1. The number of piperidine rings is 2. The Morgan fingerprint density at radius 2 is 1.63 bits per heavy atom. The fourth-order valence-electron chi connectivity index (χ4n) is 3.93. The lowest BCUT2D eigenvalue weighted by atomic mass is 10.0. The van der Waals surface area contributed by atoms with Crippen molar-refractivity contribution in [2.24, 2.45) is 0 Å². The number of carbonyl (C=O) groups excluding carboxylic acids is 1. The van der Waals surface area contributed by atoms with Crippen molar-refractivity contribution in [3.8, 4) is 0 Å². The molecule has 2 fully saturated rings. The third-order valence-electron chi connectivity index (χ3n) is 5.50. The van der Waals surface area contributed by atoms with Crippen molar-refractivity contribution in [3.63, 3.8) is 0 Å². The van der Waals surface area contributed by atoms with Crippen LogP contribution in [-0.2, 0) is 14.8 Å². The molecule has 0 saturated carbocycles. The molecule has 2 saturated heterocycles. The number of carbonyl (C=O) groups is 2. The zero-order valence-corrected chi connectivity index (χ0v) is 16.3. The molecule has 2 heterocycles. The number of carboxylic acid groups (broad SMARTS) is 1. The molecule has 0 bridgehead atoms. The first kappa shape index (κ1) is 19.8. The Kier molecular flexibility index (Phi) is 5.86. The highest BCUT2D eigenvalue weighted by Gasteiger charge is 2.33. The van der Waals surface area contributed by atoms with Gasteiger partial charge >= 0.3 is 5.97 Å². The SMILES string of the molecule is CC1CCCCN1S(=O)(=O)c1ccc(C(=O)N2CCCCC2C(=O)O)cc1. The number of rotatable bonds is 4. The maximum atomic E-state index is 12.9. The van der Waals surface area contributed by atoms with E-state index in [1.54, 1.807) is 0 Å². The molecule has 2 unspecified atom stereocenters. The predicted molar refractivity (Wildman–Crippen MR) is 100.0 cm³/mol. The Hall–Kier alpha value is -1.93. The van der Waals surface area contributed by atoms with E-state index >= 15 is 0 Å². The molecular weight excluding hydrogens is 368 g/mol. The molecule has 7 nitrogen and oxygen atoms in total. The van der Waals surface area contributed by atoms with E-state index in [0.29, 0.717) is 25.1 Å². The molecule has 2 aliphatic rings. The Morgan fingerprint density at radius 1 is 1.00 bits per heavy atom. The molecule has 0 aromatic heterocycles. The largest absolute Gasteiger partial charge is 0.480 e. The fraction of sp³-hybridized carbons (Fsp3) is 0.579. The van der Waals surface area contributed by atoms with Crippen LogP contribution in [0.2, 0.25) is 0 Å². The van der Waals surface area contributed by atoms with Crippen molar-refractivity contribution in [2.75, 3.05) is 13.1 Å². The van der Waals surface area contributed by atoms with E-state index in [4.69, 9.17) is 0 Å². The highest BCUT2D eigenvalue weighted by atomic mass is 32.2. The summed E-state index contributed by atoms with van der Waals surface area (Å²) in [5.41, 5.74) is 0.314. The van der Waals surface area contributed by atoms with Crippen LogP contribution in [0.1, 0.15) is 55.8 Å². The Balaban J connectivity index is 1.80. The second kappa shape index (κ2) is 7.98. The number of likely N-dealkylation sites (tertiary alicyclic amines) is 1. The summed E-state index contributed by atoms with van der Waals surface area (Å²) in [6.07, 6.45) is 4.73. The quantitative estimate of drug-likeness (QED) is 0.846. The van der Waals surface area contributed by atoms with Gasteiger partial charge in [0.2, 0.25) is 10.0 Å². The number of hydrogen-bond donors (Lipinski definition) is 1. The topological polar surface area (TPSA) is 95.0 Å². The first-order chi connectivity index (χ1) is 12.8. The average Bonchev–Trinajstić information content (AvgIpc) is 2.67. The lowest BCUT2D eigenvalue weighted by molar-refractivity contribution is -0.143. The highest BCUT2D eigenvalue weighted by Crippen LogP contribution is 2.26. The van der Waals surface area contributed by atoms with Crippen LogP contribution in [0, 0.1) is 0 Å². The maximum absolute atomic E-state index is 12.9. The van der Waals surface area contributed by atoms with Gasteiger partial charge < -0.3 is 10.0 Å². The van der Waals surface area contributed by atoms with E-state index in [0.717, 1.165) is 32.1 Å². The van der Waals surface area contributed by atoms with Gasteiger partial charge in [-0.15, -0.1) is 0 Å². The van der Waals surface area contributed by atoms with Crippen LogP contribution in [0.5, 0.6) is 0 Å². The molecule has 0 aliphatic carbocycles. The van der Waals surface area contributed by atoms with Gasteiger partial charge in [-0.3, -0.25) is 4.79 Å². The maximum Gasteiger partial charge on any atom is 0.326 e. The van der Waals surface area contributed by atoms with E-state index in [2.05, 4.69) is 0 Å². The molecule has 148 valence electrons. The highest BCUT2D eigenvalue weighted by molar-refractivity contribution is 7.89.